The molecule has 0 atom stereocenters. The van der Waals surface area contributed by atoms with E-state index in [-0.39, 0.29) is 11.6 Å². The maximum atomic E-state index is 12.6. The number of anilines is 1. The van der Waals surface area contributed by atoms with Crippen LogP contribution in [0.3, 0.4) is 0 Å². The first kappa shape index (κ1) is 17.2. The van der Waals surface area contributed by atoms with Crippen LogP contribution in [0.4, 0.5) is 11.4 Å². The number of nitro groups is 1. The summed E-state index contributed by atoms with van der Waals surface area (Å²) in [6.07, 6.45) is 8.11. The monoisotopic (exact) mass is 374 g/mol. The van der Waals surface area contributed by atoms with Gasteiger partial charge in [-0.05, 0) is 24.3 Å². The average molecular weight is 374 g/mol. The average Bonchev–Trinajstić information content (AvgIpc) is 3.41. The number of non-ortho nitro benzene ring substituents is 1. The Kier molecular flexibility index (Phi) is 4.38. The van der Waals surface area contributed by atoms with E-state index in [2.05, 4.69) is 15.4 Å². The summed E-state index contributed by atoms with van der Waals surface area (Å²) >= 11 is 0. The van der Waals surface area contributed by atoms with Crippen LogP contribution in [0, 0.1) is 10.1 Å². The van der Waals surface area contributed by atoms with Crippen molar-refractivity contribution in [1.82, 2.24) is 19.3 Å². The van der Waals surface area contributed by atoms with Crippen LogP contribution < -0.4 is 5.32 Å². The van der Waals surface area contributed by atoms with Crippen molar-refractivity contribution in [3.63, 3.8) is 0 Å². The minimum atomic E-state index is -0.469. The van der Waals surface area contributed by atoms with Gasteiger partial charge in [0.1, 0.15) is 0 Å². The second kappa shape index (κ2) is 7.16. The Morgan fingerprint density at radius 2 is 1.89 bits per heavy atom. The van der Waals surface area contributed by atoms with Crippen molar-refractivity contribution in [3.05, 3.63) is 95.3 Å². The molecule has 0 aliphatic carbocycles. The summed E-state index contributed by atoms with van der Waals surface area (Å²) in [5.74, 6) is -0.319. The standard InChI is InChI=1S/C19H14N6O3/c26-19(22-17-3-1-2-4-18(17)23-10-9-20-13-23)14-11-21-24(12-14)15-5-7-16(8-6-15)25(27)28/h1-13H,(H,22,26). The second-order valence-corrected chi connectivity index (χ2v) is 5.89. The number of para-hydroxylation sites is 2. The van der Waals surface area contributed by atoms with E-state index < -0.39 is 4.92 Å². The lowest BCUT2D eigenvalue weighted by Gasteiger charge is -2.10. The predicted molar refractivity (Wildman–Crippen MR) is 102 cm³/mol. The lowest BCUT2D eigenvalue weighted by molar-refractivity contribution is -0.384. The number of nitrogens with zero attached hydrogens (tertiary/aromatic N) is 5. The van der Waals surface area contributed by atoms with Gasteiger partial charge < -0.3 is 9.88 Å². The number of aromatic nitrogens is 4. The van der Waals surface area contributed by atoms with Gasteiger partial charge in [-0.15, -0.1) is 0 Å². The van der Waals surface area contributed by atoms with E-state index in [1.807, 2.05) is 18.2 Å². The molecule has 4 aromatic rings. The number of benzene rings is 2. The molecule has 0 fully saturated rings. The summed E-state index contributed by atoms with van der Waals surface area (Å²) in [6.45, 7) is 0. The number of nitrogens with one attached hydrogen (secondary N) is 1. The predicted octanol–water partition coefficient (Wildman–Crippen LogP) is 3.22. The van der Waals surface area contributed by atoms with Crippen LogP contribution in [0.5, 0.6) is 0 Å². The van der Waals surface area contributed by atoms with Gasteiger partial charge >= 0.3 is 0 Å². The fraction of sp³-hybridized carbons (Fsp3) is 0. The molecule has 0 unspecified atom stereocenters. The molecule has 4 rings (SSSR count). The van der Waals surface area contributed by atoms with E-state index in [0.29, 0.717) is 16.9 Å². The molecular weight excluding hydrogens is 360 g/mol. The maximum Gasteiger partial charge on any atom is 0.269 e. The third kappa shape index (κ3) is 3.36. The normalized spacial score (nSPS) is 10.6. The molecule has 0 radical (unpaired) electrons. The number of carbonyl (C=O) groups excluding carboxylic acids is 1. The van der Waals surface area contributed by atoms with E-state index >= 15 is 0 Å². The van der Waals surface area contributed by atoms with Crippen LogP contribution >= 0.6 is 0 Å². The van der Waals surface area contributed by atoms with Crippen molar-refractivity contribution in [2.45, 2.75) is 0 Å². The molecule has 0 saturated heterocycles. The number of imidazole rings is 1. The summed E-state index contributed by atoms with van der Waals surface area (Å²) in [7, 11) is 0. The highest BCUT2D eigenvalue weighted by Crippen LogP contribution is 2.21. The summed E-state index contributed by atoms with van der Waals surface area (Å²) in [6, 6.07) is 13.3. The van der Waals surface area contributed by atoms with E-state index in [4.69, 9.17) is 0 Å². The Hall–Kier alpha value is -4.27. The minimum absolute atomic E-state index is 0.00928. The van der Waals surface area contributed by atoms with Crippen molar-refractivity contribution < 1.29 is 9.72 Å². The van der Waals surface area contributed by atoms with Crippen molar-refractivity contribution >= 4 is 17.3 Å². The molecule has 2 aromatic carbocycles. The third-order valence-corrected chi connectivity index (χ3v) is 4.10. The lowest BCUT2D eigenvalue weighted by Crippen LogP contribution is -2.13. The Morgan fingerprint density at radius 3 is 2.61 bits per heavy atom. The number of carbonyl (C=O) groups is 1. The molecule has 0 aliphatic heterocycles. The molecule has 1 N–H and O–H groups in total. The quantitative estimate of drug-likeness (QED) is 0.426. The van der Waals surface area contributed by atoms with Gasteiger partial charge in [-0.3, -0.25) is 14.9 Å². The largest absolute Gasteiger partial charge is 0.320 e. The molecule has 0 saturated carbocycles. The first-order valence-corrected chi connectivity index (χ1v) is 8.30. The summed E-state index contributed by atoms with van der Waals surface area (Å²) in [4.78, 5) is 27.0. The Balaban J connectivity index is 1.55. The van der Waals surface area contributed by atoms with Crippen LogP contribution in [0.1, 0.15) is 10.4 Å². The highest BCUT2D eigenvalue weighted by atomic mass is 16.6. The second-order valence-electron chi connectivity index (χ2n) is 5.89. The van der Waals surface area contributed by atoms with Crippen molar-refractivity contribution in [2.24, 2.45) is 0 Å². The molecule has 9 heteroatoms. The number of amides is 1. The number of hydrogen-bond acceptors (Lipinski definition) is 5. The smallest absolute Gasteiger partial charge is 0.269 e. The molecule has 2 aromatic heterocycles. The topological polar surface area (TPSA) is 108 Å². The Morgan fingerprint density at radius 1 is 1.11 bits per heavy atom. The van der Waals surface area contributed by atoms with Crippen molar-refractivity contribution in [3.8, 4) is 11.4 Å². The highest BCUT2D eigenvalue weighted by molar-refractivity contribution is 6.05. The first-order valence-electron chi connectivity index (χ1n) is 8.30. The van der Waals surface area contributed by atoms with Crippen LogP contribution in [-0.2, 0) is 0 Å². The highest BCUT2D eigenvalue weighted by Gasteiger charge is 2.13. The number of hydrogen-bond donors (Lipinski definition) is 1. The van der Waals surface area contributed by atoms with Crippen LogP contribution in [0.25, 0.3) is 11.4 Å². The molecule has 2 heterocycles. The zero-order valence-corrected chi connectivity index (χ0v) is 14.5. The van der Waals surface area contributed by atoms with Gasteiger partial charge in [-0.1, -0.05) is 12.1 Å². The fourth-order valence-corrected chi connectivity index (χ4v) is 2.71. The molecule has 28 heavy (non-hydrogen) atoms. The van der Waals surface area contributed by atoms with Crippen molar-refractivity contribution in [2.75, 3.05) is 5.32 Å². The third-order valence-electron chi connectivity index (χ3n) is 4.10. The Bertz CT molecular complexity index is 1130. The van der Waals surface area contributed by atoms with Gasteiger partial charge in [-0.2, -0.15) is 5.10 Å². The van der Waals surface area contributed by atoms with E-state index in [1.54, 1.807) is 47.7 Å². The number of rotatable bonds is 5. The Labute approximate surface area is 159 Å². The van der Waals surface area contributed by atoms with Crippen molar-refractivity contribution in [1.29, 1.82) is 0 Å². The van der Waals surface area contributed by atoms with E-state index in [0.717, 1.165) is 5.69 Å². The molecule has 0 aliphatic rings. The van der Waals surface area contributed by atoms with E-state index in [1.165, 1.54) is 23.0 Å². The van der Waals surface area contributed by atoms with Gasteiger partial charge in [0.15, 0.2) is 0 Å². The van der Waals surface area contributed by atoms with Gasteiger partial charge in [0, 0.05) is 30.7 Å². The summed E-state index contributed by atoms with van der Waals surface area (Å²) in [5.41, 5.74) is 2.39. The van der Waals surface area contributed by atoms with Gasteiger partial charge in [0.05, 0.1) is 40.1 Å². The molecule has 138 valence electrons. The summed E-state index contributed by atoms with van der Waals surface area (Å²) in [5, 5.41) is 17.8. The van der Waals surface area contributed by atoms with E-state index in [9.17, 15) is 14.9 Å². The van der Waals surface area contributed by atoms with Gasteiger partial charge in [0.25, 0.3) is 11.6 Å². The fourth-order valence-electron chi connectivity index (χ4n) is 2.71. The van der Waals surface area contributed by atoms with Crippen LogP contribution in [0.15, 0.2) is 79.6 Å². The first-order chi connectivity index (χ1) is 13.6. The molecule has 0 spiro atoms. The lowest BCUT2D eigenvalue weighted by atomic mass is 10.2. The SMILES string of the molecule is O=C(Nc1ccccc1-n1ccnc1)c1cnn(-c2ccc([N+](=O)[O-])cc2)c1. The van der Waals surface area contributed by atoms with Gasteiger partial charge in [0.2, 0.25) is 0 Å². The minimum Gasteiger partial charge on any atom is -0.320 e. The molecular formula is C19H14N6O3. The molecule has 9 nitrogen and oxygen atoms in total. The van der Waals surface area contributed by atoms with Crippen LogP contribution in [0.2, 0.25) is 0 Å². The summed E-state index contributed by atoms with van der Waals surface area (Å²) < 4.78 is 3.29. The zero-order valence-electron chi connectivity index (χ0n) is 14.5. The maximum absolute atomic E-state index is 12.6. The zero-order chi connectivity index (χ0) is 19.5. The number of nitro benzene ring substituents is 1. The molecule has 1 amide bonds. The molecule has 0 bridgehead atoms. The van der Waals surface area contributed by atoms with Crippen LogP contribution in [-0.4, -0.2) is 30.2 Å². The van der Waals surface area contributed by atoms with Gasteiger partial charge in [-0.25, -0.2) is 9.67 Å².